The van der Waals surface area contributed by atoms with Gasteiger partial charge in [-0.25, -0.2) is 9.78 Å². The molecular weight excluding hydrogens is 358 g/mol. The van der Waals surface area contributed by atoms with Gasteiger partial charge in [0.15, 0.2) is 0 Å². The molecule has 1 N–H and O–H groups in total. The average molecular weight is 381 g/mol. The lowest BCUT2D eigenvalue weighted by Gasteiger charge is -2.25. The van der Waals surface area contributed by atoms with Crippen LogP contribution >= 0.6 is 0 Å². The van der Waals surface area contributed by atoms with Crippen molar-refractivity contribution in [1.82, 2.24) is 19.8 Å². The van der Waals surface area contributed by atoms with Crippen LogP contribution < -0.4 is 5.32 Å². The number of benzene rings is 2. The third-order valence-electron chi connectivity index (χ3n) is 4.84. The van der Waals surface area contributed by atoms with Crippen molar-refractivity contribution in [2.24, 2.45) is 0 Å². The molecule has 1 atom stereocenters. The monoisotopic (exact) mass is 381 g/mol. The largest absolute Gasteiger partial charge is 0.338 e. The average Bonchev–Trinajstić information content (AvgIpc) is 3.13. The number of non-ortho nitro benzene ring substituents is 1. The quantitative estimate of drug-likeness (QED) is 0.383. The van der Waals surface area contributed by atoms with Gasteiger partial charge in [0.05, 0.1) is 28.3 Å². The number of urea groups is 1. The molecule has 146 valence electrons. The minimum atomic E-state index is -0.434. The lowest BCUT2D eigenvalue weighted by molar-refractivity contribution is -0.384. The fourth-order valence-electron chi connectivity index (χ4n) is 3.06. The molecule has 0 bridgehead atoms. The van der Waals surface area contributed by atoms with Crippen molar-refractivity contribution in [3.63, 3.8) is 0 Å². The highest BCUT2D eigenvalue weighted by molar-refractivity contribution is 5.75. The molecule has 3 aromatic rings. The van der Waals surface area contributed by atoms with E-state index < -0.39 is 4.92 Å². The minimum absolute atomic E-state index is 0.0192. The summed E-state index contributed by atoms with van der Waals surface area (Å²) in [6.07, 6.45) is 2.58. The van der Waals surface area contributed by atoms with E-state index >= 15 is 0 Å². The number of hydrogen-bond acceptors (Lipinski definition) is 4. The third-order valence-corrected chi connectivity index (χ3v) is 4.84. The maximum Gasteiger partial charge on any atom is 0.317 e. The molecule has 0 radical (unpaired) electrons. The second-order valence-electron chi connectivity index (χ2n) is 6.65. The number of imidazole rings is 1. The van der Waals surface area contributed by atoms with Crippen LogP contribution in [0.2, 0.25) is 0 Å². The number of nitro groups is 1. The summed E-state index contributed by atoms with van der Waals surface area (Å²) >= 11 is 0. The molecule has 8 heteroatoms. The van der Waals surface area contributed by atoms with Gasteiger partial charge in [0.25, 0.3) is 5.69 Å². The predicted octanol–water partition coefficient (Wildman–Crippen LogP) is 3.74. The van der Waals surface area contributed by atoms with Crippen molar-refractivity contribution in [3.05, 3.63) is 70.5 Å². The van der Waals surface area contributed by atoms with E-state index in [9.17, 15) is 14.9 Å². The molecule has 0 aliphatic rings. The number of rotatable bonds is 7. The van der Waals surface area contributed by atoms with E-state index in [1.807, 2.05) is 37.5 Å². The van der Waals surface area contributed by atoms with E-state index in [1.165, 1.54) is 12.1 Å². The summed E-state index contributed by atoms with van der Waals surface area (Å²) in [6, 6.07) is 13.8. The number of fused-ring (bicyclic) bond motifs is 1. The summed E-state index contributed by atoms with van der Waals surface area (Å²) < 4.78 is 2.07. The van der Waals surface area contributed by atoms with Crippen LogP contribution in [-0.2, 0) is 6.54 Å². The van der Waals surface area contributed by atoms with Gasteiger partial charge in [-0.3, -0.25) is 10.1 Å². The summed E-state index contributed by atoms with van der Waals surface area (Å²) in [7, 11) is 1.68. The van der Waals surface area contributed by atoms with Crippen molar-refractivity contribution in [3.8, 4) is 0 Å². The van der Waals surface area contributed by atoms with Crippen LogP contribution in [0.25, 0.3) is 11.0 Å². The van der Waals surface area contributed by atoms with Gasteiger partial charge in [-0.15, -0.1) is 0 Å². The molecule has 1 aromatic heterocycles. The number of hydrogen-bond donors (Lipinski definition) is 1. The highest BCUT2D eigenvalue weighted by Gasteiger charge is 2.19. The van der Waals surface area contributed by atoms with Gasteiger partial charge in [-0.1, -0.05) is 24.3 Å². The first-order chi connectivity index (χ1) is 13.5. The Balaban J connectivity index is 1.51. The van der Waals surface area contributed by atoms with Crippen molar-refractivity contribution < 1.29 is 9.72 Å². The SMILES string of the molecule is C[C@@H](c1cccc([N+](=O)[O-])c1)N(C)C(=O)NCCCn1cnc2ccccc21. The van der Waals surface area contributed by atoms with Gasteiger partial charge in [0, 0.05) is 32.3 Å². The zero-order valence-electron chi connectivity index (χ0n) is 15.9. The van der Waals surface area contributed by atoms with E-state index in [4.69, 9.17) is 0 Å². The number of nitrogens with one attached hydrogen (secondary N) is 1. The van der Waals surface area contributed by atoms with Crippen LogP contribution in [0.15, 0.2) is 54.9 Å². The van der Waals surface area contributed by atoms with E-state index in [2.05, 4.69) is 14.9 Å². The molecule has 1 heterocycles. The molecule has 0 saturated carbocycles. The molecule has 0 spiro atoms. The smallest absolute Gasteiger partial charge is 0.317 e. The third kappa shape index (κ3) is 4.28. The fourth-order valence-corrected chi connectivity index (χ4v) is 3.06. The molecule has 8 nitrogen and oxygen atoms in total. The van der Waals surface area contributed by atoms with Gasteiger partial charge < -0.3 is 14.8 Å². The standard InChI is InChI=1S/C20H23N5O3/c1-15(16-7-5-8-17(13-16)25(27)28)23(2)20(26)21-11-6-12-24-14-22-18-9-3-4-10-19(18)24/h3-5,7-10,13-15H,6,11-12H2,1-2H3,(H,21,26)/t15-/m0/s1. The Morgan fingerprint density at radius 2 is 2.07 bits per heavy atom. The Morgan fingerprint density at radius 3 is 2.86 bits per heavy atom. The summed E-state index contributed by atoms with van der Waals surface area (Å²) in [4.78, 5) is 28.8. The second-order valence-corrected chi connectivity index (χ2v) is 6.65. The Bertz CT molecular complexity index is 985. The molecular formula is C20H23N5O3. The Kier molecular flexibility index (Phi) is 5.88. The molecule has 0 aliphatic carbocycles. The topological polar surface area (TPSA) is 93.3 Å². The van der Waals surface area contributed by atoms with Gasteiger partial charge in [-0.2, -0.15) is 0 Å². The zero-order valence-corrected chi connectivity index (χ0v) is 15.9. The minimum Gasteiger partial charge on any atom is -0.338 e. The van der Waals surface area contributed by atoms with Crippen LogP contribution in [0.4, 0.5) is 10.5 Å². The van der Waals surface area contributed by atoms with E-state index in [0.717, 1.165) is 29.6 Å². The molecule has 3 rings (SSSR count). The van der Waals surface area contributed by atoms with Crippen LogP contribution in [0.5, 0.6) is 0 Å². The summed E-state index contributed by atoms with van der Waals surface area (Å²) in [5.41, 5.74) is 2.77. The zero-order chi connectivity index (χ0) is 20.1. The summed E-state index contributed by atoms with van der Waals surface area (Å²) in [5.74, 6) is 0. The molecule has 2 amide bonds. The van der Waals surface area contributed by atoms with Crippen LogP contribution in [0, 0.1) is 10.1 Å². The normalized spacial score (nSPS) is 11.9. The number of nitrogens with zero attached hydrogens (tertiary/aromatic N) is 4. The first-order valence-electron chi connectivity index (χ1n) is 9.12. The molecule has 0 fully saturated rings. The van der Waals surface area contributed by atoms with Crippen molar-refractivity contribution in [2.75, 3.05) is 13.6 Å². The summed E-state index contributed by atoms with van der Waals surface area (Å²) in [5, 5.41) is 13.8. The van der Waals surface area contributed by atoms with Crippen LogP contribution in [0.3, 0.4) is 0 Å². The first-order valence-corrected chi connectivity index (χ1v) is 9.12. The number of para-hydroxylation sites is 2. The Hall–Kier alpha value is -3.42. The van der Waals surface area contributed by atoms with Gasteiger partial charge in [0.2, 0.25) is 0 Å². The number of nitro benzene ring substituents is 1. The van der Waals surface area contributed by atoms with Gasteiger partial charge in [-0.05, 0) is 31.0 Å². The van der Waals surface area contributed by atoms with Crippen molar-refractivity contribution in [1.29, 1.82) is 0 Å². The number of carbonyl (C=O) groups is 1. The van der Waals surface area contributed by atoms with E-state index in [1.54, 1.807) is 24.1 Å². The molecule has 0 saturated heterocycles. The Morgan fingerprint density at radius 1 is 1.29 bits per heavy atom. The molecule has 2 aromatic carbocycles. The first kappa shape index (κ1) is 19.3. The number of amides is 2. The van der Waals surface area contributed by atoms with Crippen LogP contribution in [-0.4, -0.2) is 39.0 Å². The van der Waals surface area contributed by atoms with E-state index in [-0.39, 0.29) is 17.8 Å². The number of carbonyl (C=O) groups excluding carboxylic acids is 1. The molecule has 0 aliphatic heterocycles. The molecule has 28 heavy (non-hydrogen) atoms. The Labute approximate surface area is 162 Å². The van der Waals surface area contributed by atoms with Crippen LogP contribution in [0.1, 0.15) is 24.9 Å². The van der Waals surface area contributed by atoms with E-state index in [0.29, 0.717) is 6.54 Å². The second kappa shape index (κ2) is 8.51. The maximum atomic E-state index is 12.4. The molecule has 0 unspecified atom stereocenters. The van der Waals surface area contributed by atoms with Gasteiger partial charge in [0.1, 0.15) is 0 Å². The lowest BCUT2D eigenvalue weighted by Crippen LogP contribution is -2.39. The lowest BCUT2D eigenvalue weighted by atomic mass is 10.1. The fraction of sp³-hybridized carbons (Fsp3) is 0.300. The predicted molar refractivity (Wildman–Crippen MR) is 107 cm³/mol. The number of aryl methyl sites for hydroxylation is 1. The van der Waals surface area contributed by atoms with Crippen molar-refractivity contribution >= 4 is 22.8 Å². The number of aromatic nitrogens is 2. The van der Waals surface area contributed by atoms with Crippen molar-refractivity contribution in [2.45, 2.75) is 25.9 Å². The maximum absolute atomic E-state index is 12.4. The van der Waals surface area contributed by atoms with Gasteiger partial charge >= 0.3 is 6.03 Å². The summed E-state index contributed by atoms with van der Waals surface area (Å²) in [6.45, 7) is 3.12. The highest BCUT2D eigenvalue weighted by atomic mass is 16.6. The highest BCUT2D eigenvalue weighted by Crippen LogP contribution is 2.23.